The van der Waals surface area contributed by atoms with Crippen molar-refractivity contribution in [2.45, 2.75) is 37.9 Å². The van der Waals surface area contributed by atoms with Gasteiger partial charge in [0.05, 0.1) is 0 Å². The summed E-state index contributed by atoms with van der Waals surface area (Å²) < 4.78 is 4.90. The Labute approximate surface area is 95.6 Å². The van der Waals surface area contributed by atoms with Gasteiger partial charge < -0.3 is 9.84 Å². The van der Waals surface area contributed by atoms with Gasteiger partial charge in [-0.2, -0.15) is 0 Å². The summed E-state index contributed by atoms with van der Waals surface area (Å²) in [6.45, 7) is 5.48. The molecule has 0 saturated carbocycles. The van der Waals surface area contributed by atoms with Gasteiger partial charge >= 0.3 is 5.97 Å². The molecular weight excluding hydrogens is 212 g/mol. The van der Waals surface area contributed by atoms with Crippen LogP contribution in [0.3, 0.4) is 0 Å². The zero-order valence-electron chi connectivity index (χ0n) is 9.49. The molecule has 0 aromatic carbocycles. The molecule has 1 rings (SSSR count). The zero-order chi connectivity index (χ0) is 11.3. The van der Waals surface area contributed by atoms with Crippen LogP contribution in [0.1, 0.15) is 33.1 Å². The summed E-state index contributed by atoms with van der Waals surface area (Å²) in [4.78, 5) is 11.2. The number of hydrogen-bond donors (Lipinski definition) is 1. The Morgan fingerprint density at radius 3 is 2.80 bits per heavy atom. The number of rotatable bonds is 6. The van der Waals surface area contributed by atoms with E-state index in [4.69, 9.17) is 4.74 Å². The molecule has 0 aliphatic carbocycles. The third-order valence-corrected chi connectivity index (χ3v) is 4.22. The van der Waals surface area contributed by atoms with Gasteiger partial charge in [-0.15, -0.1) is 11.8 Å². The summed E-state index contributed by atoms with van der Waals surface area (Å²) in [5, 5.41) is 9.20. The fourth-order valence-corrected chi connectivity index (χ4v) is 3.05. The highest BCUT2D eigenvalue weighted by atomic mass is 32.2. The molecule has 0 aromatic heterocycles. The molecule has 1 atom stereocenters. The van der Waals surface area contributed by atoms with E-state index in [1.807, 2.05) is 0 Å². The van der Waals surface area contributed by atoms with Crippen molar-refractivity contribution in [3.8, 4) is 0 Å². The quantitative estimate of drug-likeness (QED) is 0.714. The largest absolute Gasteiger partial charge is 0.480 e. The summed E-state index contributed by atoms with van der Waals surface area (Å²) in [7, 11) is 0. The molecule has 0 amide bonds. The number of thioether (sulfide) groups is 1. The second-order valence-corrected chi connectivity index (χ2v) is 5.95. The van der Waals surface area contributed by atoms with Gasteiger partial charge in [-0.1, -0.05) is 13.8 Å². The van der Waals surface area contributed by atoms with Crippen LogP contribution in [-0.4, -0.2) is 34.8 Å². The molecule has 1 aliphatic heterocycles. The second kappa shape index (κ2) is 5.75. The van der Waals surface area contributed by atoms with Crippen LogP contribution >= 0.6 is 11.8 Å². The van der Waals surface area contributed by atoms with E-state index in [1.54, 1.807) is 11.8 Å². The highest BCUT2D eigenvalue weighted by Gasteiger charge is 2.41. The Morgan fingerprint density at radius 1 is 1.60 bits per heavy atom. The molecule has 3 nitrogen and oxygen atoms in total. The first-order chi connectivity index (χ1) is 7.07. The first-order valence-electron chi connectivity index (χ1n) is 5.52. The molecule has 1 fully saturated rings. The Morgan fingerprint density at radius 2 is 2.33 bits per heavy atom. The van der Waals surface area contributed by atoms with Crippen LogP contribution in [0, 0.1) is 5.92 Å². The van der Waals surface area contributed by atoms with E-state index in [0.717, 1.165) is 25.2 Å². The van der Waals surface area contributed by atoms with E-state index >= 15 is 0 Å². The summed E-state index contributed by atoms with van der Waals surface area (Å²) in [5.74, 6) is 0.816. The van der Waals surface area contributed by atoms with Crippen LogP contribution in [0.2, 0.25) is 0 Å². The molecule has 1 aliphatic rings. The van der Waals surface area contributed by atoms with E-state index in [1.165, 1.54) is 0 Å². The van der Waals surface area contributed by atoms with E-state index in [9.17, 15) is 9.90 Å². The number of ether oxygens (including phenoxy) is 1. The zero-order valence-corrected chi connectivity index (χ0v) is 10.3. The van der Waals surface area contributed by atoms with Gasteiger partial charge in [0, 0.05) is 13.2 Å². The summed E-state index contributed by atoms with van der Waals surface area (Å²) in [5.41, 5.74) is 0. The van der Waals surface area contributed by atoms with Crippen LogP contribution in [-0.2, 0) is 9.53 Å². The van der Waals surface area contributed by atoms with Crippen LogP contribution in [0.25, 0.3) is 0 Å². The van der Waals surface area contributed by atoms with E-state index in [-0.39, 0.29) is 0 Å². The van der Waals surface area contributed by atoms with Crippen LogP contribution in [0.5, 0.6) is 0 Å². The van der Waals surface area contributed by atoms with Crippen molar-refractivity contribution in [3.05, 3.63) is 0 Å². The molecule has 1 saturated heterocycles. The molecule has 15 heavy (non-hydrogen) atoms. The van der Waals surface area contributed by atoms with Gasteiger partial charge in [0.25, 0.3) is 0 Å². The lowest BCUT2D eigenvalue weighted by atomic mass is 10.00. The molecular formula is C11H20O3S. The third kappa shape index (κ3) is 3.68. The molecule has 0 bridgehead atoms. The number of carboxylic acid groups (broad SMARTS) is 1. The first kappa shape index (κ1) is 12.8. The molecule has 1 heterocycles. The Kier molecular flexibility index (Phi) is 4.93. The van der Waals surface area contributed by atoms with Crippen molar-refractivity contribution >= 4 is 17.7 Å². The minimum Gasteiger partial charge on any atom is -0.480 e. The molecule has 0 aromatic rings. The van der Waals surface area contributed by atoms with Crippen molar-refractivity contribution in [2.75, 3.05) is 19.0 Å². The molecule has 0 radical (unpaired) electrons. The maximum Gasteiger partial charge on any atom is 0.319 e. The van der Waals surface area contributed by atoms with E-state index in [2.05, 4.69) is 13.8 Å². The number of carboxylic acids is 1. The van der Waals surface area contributed by atoms with Crippen LogP contribution < -0.4 is 0 Å². The van der Waals surface area contributed by atoms with Crippen LogP contribution in [0.15, 0.2) is 0 Å². The minimum atomic E-state index is -0.668. The number of aliphatic carboxylic acids is 1. The topological polar surface area (TPSA) is 46.5 Å². The molecule has 0 spiro atoms. The van der Waals surface area contributed by atoms with Crippen molar-refractivity contribution < 1.29 is 14.6 Å². The van der Waals surface area contributed by atoms with Crippen molar-refractivity contribution in [1.29, 1.82) is 0 Å². The summed E-state index contributed by atoms with van der Waals surface area (Å²) >= 11 is 1.58. The van der Waals surface area contributed by atoms with E-state index in [0.29, 0.717) is 18.9 Å². The van der Waals surface area contributed by atoms with Crippen molar-refractivity contribution in [1.82, 2.24) is 0 Å². The standard InChI is InChI=1S/C11H20O3S/c1-9(2)8-14-6-5-11(10(12)13)4-3-7-15-11/h9H,3-8H2,1-2H3,(H,12,13). The molecule has 4 heteroatoms. The lowest BCUT2D eigenvalue weighted by molar-refractivity contribution is -0.140. The lowest BCUT2D eigenvalue weighted by Crippen LogP contribution is -2.33. The molecule has 1 N–H and O–H groups in total. The van der Waals surface area contributed by atoms with Gasteiger partial charge in [0.1, 0.15) is 4.75 Å². The SMILES string of the molecule is CC(C)COCCC1(C(=O)O)CCCS1. The van der Waals surface area contributed by atoms with E-state index < -0.39 is 10.7 Å². The average molecular weight is 232 g/mol. The van der Waals surface area contributed by atoms with Crippen molar-refractivity contribution in [3.63, 3.8) is 0 Å². The monoisotopic (exact) mass is 232 g/mol. The molecule has 88 valence electrons. The predicted octanol–water partition coefficient (Wildman–Crippen LogP) is 2.40. The minimum absolute atomic E-state index is 0.516. The third-order valence-electron chi connectivity index (χ3n) is 2.59. The fourth-order valence-electron chi connectivity index (χ4n) is 1.73. The maximum atomic E-state index is 11.2. The number of carbonyl (C=O) groups is 1. The smallest absolute Gasteiger partial charge is 0.319 e. The van der Waals surface area contributed by atoms with Crippen LogP contribution in [0.4, 0.5) is 0 Å². The highest BCUT2D eigenvalue weighted by Crippen LogP contribution is 2.41. The fraction of sp³-hybridized carbons (Fsp3) is 0.909. The van der Waals surface area contributed by atoms with Gasteiger partial charge in [-0.05, 0) is 30.9 Å². The van der Waals surface area contributed by atoms with Crippen molar-refractivity contribution in [2.24, 2.45) is 5.92 Å². The number of hydrogen-bond acceptors (Lipinski definition) is 3. The second-order valence-electron chi connectivity index (χ2n) is 4.47. The van der Waals surface area contributed by atoms with Gasteiger partial charge in [-0.3, -0.25) is 4.79 Å². The Bertz CT molecular complexity index is 210. The Balaban J connectivity index is 2.30. The summed E-state index contributed by atoms with van der Waals surface area (Å²) in [6.07, 6.45) is 2.44. The lowest BCUT2D eigenvalue weighted by Gasteiger charge is -2.22. The summed E-state index contributed by atoms with van der Waals surface area (Å²) in [6, 6.07) is 0. The van der Waals surface area contributed by atoms with Gasteiger partial charge in [0.15, 0.2) is 0 Å². The highest BCUT2D eigenvalue weighted by molar-refractivity contribution is 8.01. The first-order valence-corrected chi connectivity index (χ1v) is 6.50. The maximum absolute atomic E-state index is 11.2. The predicted molar refractivity (Wildman–Crippen MR) is 62.3 cm³/mol. The van der Waals surface area contributed by atoms with Gasteiger partial charge in [0.2, 0.25) is 0 Å². The van der Waals surface area contributed by atoms with Gasteiger partial charge in [-0.25, -0.2) is 0 Å². The Hall–Kier alpha value is -0.220. The molecule has 1 unspecified atom stereocenters. The average Bonchev–Trinajstić information content (AvgIpc) is 2.62. The normalized spacial score (nSPS) is 26.1.